The molecule has 0 aliphatic carbocycles. The first-order valence-corrected chi connectivity index (χ1v) is 8.01. The number of primary sulfonamides is 1. The number of hydrogen-bond donors (Lipinski definition) is 2. The molecule has 1 aromatic rings. The second-order valence-corrected chi connectivity index (χ2v) is 5.82. The predicted molar refractivity (Wildman–Crippen MR) is 78.7 cm³/mol. The summed E-state index contributed by atoms with van der Waals surface area (Å²) in [4.78, 5) is 11.7. The minimum Gasteiger partial charge on any atom is -0.495 e. The third kappa shape index (κ3) is 5.70. The number of rotatable bonds is 8. The third-order valence-corrected chi connectivity index (χ3v) is 3.58. The number of ether oxygens (including phenoxy) is 2. The third-order valence-electron chi connectivity index (χ3n) is 2.67. The monoisotopic (exact) mass is 316 g/mol. The number of hydrogen-bond acceptors (Lipinski definition) is 5. The van der Waals surface area contributed by atoms with Gasteiger partial charge in [-0.05, 0) is 31.5 Å². The number of benzene rings is 1. The number of methoxy groups -OCH3 is 1. The van der Waals surface area contributed by atoms with Gasteiger partial charge < -0.3 is 14.8 Å². The molecule has 1 amide bonds. The number of nitrogens with one attached hydrogen (secondary N) is 1. The van der Waals surface area contributed by atoms with Gasteiger partial charge in [0.1, 0.15) is 5.75 Å². The summed E-state index contributed by atoms with van der Waals surface area (Å²) < 4.78 is 32.9. The topological polar surface area (TPSA) is 108 Å². The van der Waals surface area contributed by atoms with Crippen LogP contribution >= 0.6 is 0 Å². The van der Waals surface area contributed by atoms with Gasteiger partial charge in [0.05, 0.1) is 17.7 Å². The molecule has 0 atom stereocenters. The van der Waals surface area contributed by atoms with Gasteiger partial charge in [0.25, 0.3) is 0 Å². The maximum Gasteiger partial charge on any atom is 0.238 e. The average molecular weight is 316 g/mol. The second kappa shape index (κ2) is 7.96. The lowest BCUT2D eigenvalue weighted by Crippen LogP contribution is -2.15. The molecule has 3 N–H and O–H groups in total. The molecule has 21 heavy (non-hydrogen) atoms. The van der Waals surface area contributed by atoms with E-state index in [0.29, 0.717) is 25.4 Å². The fourth-order valence-electron chi connectivity index (χ4n) is 1.65. The first kappa shape index (κ1) is 17.4. The molecular weight excluding hydrogens is 296 g/mol. The Morgan fingerprint density at radius 2 is 2.10 bits per heavy atom. The van der Waals surface area contributed by atoms with Gasteiger partial charge in [-0.25, -0.2) is 13.6 Å². The molecule has 0 aromatic heterocycles. The summed E-state index contributed by atoms with van der Waals surface area (Å²) in [7, 11) is -2.41. The molecule has 8 heteroatoms. The Hall–Kier alpha value is -1.64. The van der Waals surface area contributed by atoms with Crippen LogP contribution in [0, 0.1) is 0 Å². The van der Waals surface area contributed by atoms with Crippen LogP contribution in [0.4, 0.5) is 5.69 Å². The van der Waals surface area contributed by atoms with Crippen molar-refractivity contribution in [3.05, 3.63) is 18.2 Å². The van der Waals surface area contributed by atoms with E-state index in [4.69, 9.17) is 14.6 Å². The van der Waals surface area contributed by atoms with E-state index in [-0.39, 0.29) is 22.9 Å². The molecule has 0 radical (unpaired) electrons. The van der Waals surface area contributed by atoms with Crippen molar-refractivity contribution in [2.45, 2.75) is 24.7 Å². The predicted octanol–water partition coefficient (Wildman–Crippen LogP) is 1.10. The number of sulfonamides is 1. The Morgan fingerprint density at radius 3 is 2.67 bits per heavy atom. The Balaban J connectivity index is 2.78. The van der Waals surface area contributed by atoms with E-state index in [1.54, 1.807) is 0 Å². The lowest BCUT2D eigenvalue weighted by Gasteiger charge is -2.11. The van der Waals surface area contributed by atoms with E-state index >= 15 is 0 Å². The van der Waals surface area contributed by atoms with Crippen LogP contribution in [0.3, 0.4) is 0 Å². The van der Waals surface area contributed by atoms with E-state index in [1.807, 2.05) is 6.92 Å². The summed E-state index contributed by atoms with van der Waals surface area (Å²) in [5, 5.41) is 7.68. The summed E-state index contributed by atoms with van der Waals surface area (Å²) in [5.74, 6) is 0.111. The van der Waals surface area contributed by atoms with Gasteiger partial charge in [-0.1, -0.05) is 0 Å². The molecule has 0 fully saturated rings. The van der Waals surface area contributed by atoms with Crippen LogP contribution < -0.4 is 15.2 Å². The quantitative estimate of drug-likeness (QED) is 0.698. The van der Waals surface area contributed by atoms with Crippen LogP contribution in [0.1, 0.15) is 19.8 Å². The van der Waals surface area contributed by atoms with Gasteiger partial charge in [-0.2, -0.15) is 0 Å². The summed E-state index contributed by atoms with van der Waals surface area (Å²) in [5.41, 5.74) is 0.269. The highest BCUT2D eigenvalue weighted by Gasteiger charge is 2.13. The van der Waals surface area contributed by atoms with Gasteiger partial charge in [0.15, 0.2) is 0 Å². The lowest BCUT2D eigenvalue weighted by molar-refractivity contribution is -0.116. The molecule has 0 aliphatic rings. The fourth-order valence-corrected chi connectivity index (χ4v) is 2.19. The number of anilines is 1. The molecule has 1 aromatic carbocycles. The van der Waals surface area contributed by atoms with Gasteiger partial charge in [-0.15, -0.1) is 0 Å². The molecule has 0 spiro atoms. The Bertz CT molecular complexity index is 586. The van der Waals surface area contributed by atoms with Gasteiger partial charge >= 0.3 is 0 Å². The molecule has 0 bridgehead atoms. The van der Waals surface area contributed by atoms with E-state index in [9.17, 15) is 13.2 Å². The molecule has 0 saturated heterocycles. The highest BCUT2D eigenvalue weighted by Crippen LogP contribution is 2.27. The summed E-state index contributed by atoms with van der Waals surface area (Å²) in [6.45, 7) is 2.98. The van der Waals surface area contributed by atoms with Crippen molar-refractivity contribution in [2.24, 2.45) is 5.14 Å². The Morgan fingerprint density at radius 1 is 1.38 bits per heavy atom. The van der Waals surface area contributed by atoms with Crippen LogP contribution in [-0.2, 0) is 19.6 Å². The van der Waals surface area contributed by atoms with Crippen LogP contribution in [0.25, 0.3) is 0 Å². The number of carbonyl (C=O) groups is 1. The zero-order valence-corrected chi connectivity index (χ0v) is 12.9. The van der Waals surface area contributed by atoms with Crippen molar-refractivity contribution in [3.8, 4) is 5.75 Å². The molecule has 118 valence electrons. The SMILES string of the molecule is CCOCCCC(=O)Nc1cc(S(N)(=O)=O)ccc1OC. The standard InChI is InChI=1S/C13H20N2O5S/c1-3-20-8-4-5-13(16)15-11-9-10(21(14,17)18)6-7-12(11)19-2/h6-7,9H,3-5,8H2,1-2H3,(H,15,16)(H2,14,17,18). The normalized spacial score (nSPS) is 11.2. The van der Waals surface area contributed by atoms with Crippen molar-refractivity contribution < 1.29 is 22.7 Å². The molecule has 0 heterocycles. The minimum atomic E-state index is -3.84. The van der Waals surface area contributed by atoms with Gasteiger partial charge in [0, 0.05) is 19.6 Å². The largest absolute Gasteiger partial charge is 0.495 e. The second-order valence-electron chi connectivity index (χ2n) is 4.26. The van der Waals surface area contributed by atoms with Crippen molar-refractivity contribution >= 4 is 21.6 Å². The van der Waals surface area contributed by atoms with Crippen molar-refractivity contribution in [3.63, 3.8) is 0 Å². The van der Waals surface area contributed by atoms with Crippen molar-refractivity contribution in [2.75, 3.05) is 25.6 Å². The summed E-state index contributed by atoms with van der Waals surface area (Å²) in [6.07, 6.45) is 0.847. The summed E-state index contributed by atoms with van der Waals surface area (Å²) in [6, 6.07) is 4.03. The highest BCUT2D eigenvalue weighted by molar-refractivity contribution is 7.89. The van der Waals surface area contributed by atoms with E-state index in [2.05, 4.69) is 5.32 Å². The molecular formula is C13H20N2O5S. The summed E-state index contributed by atoms with van der Waals surface area (Å²) >= 11 is 0. The molecule has 0 unspecified atom stereocenters. The van der Waals surface area contributed by atoms with Crippen molar-refractivity contribution in [1.82, 2.24) is 0 Å². The molecule has 0 aliphatic heterocycles. The maximum absolute atomic E-state index is 11.8. The average Bonchev–Trinajstić information content (AvgIpc) is 2.42. The van der Waals surface area contributed by atoms with Gasteiger partial charge in [-0.3, -0.25) is 4.79 Å². The highest BCUT2D eigenvalue weighted by atomic mass is 32.2. The Labute approximate surface area is 124 Å². The van der Waals surface area contributed by atoms with E-state index in [1.165, 1.54) is 25.3 Å². The molecule has 1 rings (SSSR count). The number of carbonyl (C=O) groups excluding carboxylic acids is 1. The lowest BCUT2D eigenvalue weighted by atomic mass is 10.2. The van der Waals surface area contributed by atoms with E-state index < -0.39 is 10.0 Å². The van der Waals surface area contributed by atoms with Crippen molar-refractivity contribution in [1.29, 1.82) is 0 Å². The molecule has 7 nitrogen and oxygen atoms in total. The number of amides is 1. The number of nitrogens with two attached hydrogens (primary N) is 1. The first-order chi connectivity index (χ1) is 9.88. The smallest absolute Gasteiger partial charge is 0.238 e. The zero-order chi connectivity index (χ0) is 15.9. The van der Waals surface area contributed by atoms with Crippen LogP contribution in [0.15, 0.2) is 23.1 Å². The Kier molecular flexibility index (Phi) is 6.60. The van der Waals surface area contributed by atoms with Gasteiger partial charge in [0.2, 0.25) is 15.9 Å². The zero-order valence-electron chi connectivity index (χ0n) is 12.1. The fraction of sp³-hybridized carbons (Fsp3) is 0.462. The van der Waals surface area contributed by atoms with Crippen LogP contribution in [0.5, 0.6) is 5.75 Å². The maximum atomic E-state index is 11.8. The van der Waals surface area contributed by atoms with Crippen LogP contribution in [-0.4, -0.2) is 34.6 Å². The van der Waals surface area contributed by atoms with E-state index in [0.717, 1.165) is 0 Å². The first-order valence-electron chi connectivity index (χ1n) is 6.47. The molecule has 0 saturated carbocycles. The minimum absolute atomic E-state index is 0.0899. The van der Waals surface area contributed by atoms with Crippen LogP contribution in [0.2, 0.25) is 0 Å².